The first-order valence-electron chi connectivity index (χ1n) is 5.27. The third kappa shape index (κ3) is 3.94. The van der Waals surface area contributed by atoms with Crippen LogP contribution >= 0.6 is 34.2 Å². The van der Waals surface area contributed by atoms with E-state index in [0.29, 0.717) is 23.0 Å². The van der Waals surface area contributed by atoms with Crippen molar-refractivity contribution in [2.75, 3.05) is 6.54 Å². The third-order valence-corrected chi connectivity index (χ3v) is 4.06. The summed E-state index contributed by atoms with van der Waals surface area (Å²) in [4.78, 5) is 11.8. The molecule has 0 fully saturated rings. The van der Waals surface area contributed by atoms with Crippen molar-refractivity contribution in [2.45, 2.75) is 20.3 Å². The Kier molecular flexibility index (Phi) is 5.55. The molecule has 0 aliphatic rings. The van der Waals surface area contributed by atoms with E-state index in [2.05, 4.69) is 41.8 Å². The Morgan fingerprint density at radius 2 is 2.25 bits per heavy atom. The second-order valence-electron chi connectivity index (χ2n) is 3.85. The van der Waals surface area contributed by atoms with Crippen LogP contribution in [0.3, 0.4) is 0 Å². The standard InChI is InChI=1S/C12H15ClINO/c1-3-8(2)7-15-12(16)9-4-5-11(14)10(13)6-9/h4-6,8H,3,7H2,1-2H3,(H,15,16). The fourth-order valence-corrected chi connectivity index (χ4v) is 1.67. The molecule has 0 bridgehead atoms. The Labute approximate surface area is 115 Å². The van der Waals surface area contributed by atoms with Gasteiger partial charge in [-0.15, -0.1) is 0 Å². The maximum absolute atomic E-state index is 11.8. The van der Waals surface area contributed by atoms with Crippen molar-refractivity contribution in [1.29, 1.82) is 0 Å². The summed E-state index contributed by atoms with van der Waals surface area (Å²) in [6, 6.07) is 5.34. The lowest BCUT2D eigenvalue weighted by atomic mass is 10.1. The highest BCUT2D eigenvalue weighted by Crippen LogP contribution is 2.19. The van der Waals surface area contributed by atoms with E-state index >= 15 is 0 Å². The van der Waals surface area contributed by atoms with Crippen LogP contribution in [0.4, 0.5) is 0 Å². The summed E-state index contributed by atoms with van der Waals surface area (Å²) in [5.74, 6) is 0.446. The predicted molar refractivity (Wildman–Crippen MR) is 76.0 cm³/mol. The zero-order valence-electron chi connectivity index (χ0n) is 9.39. The monoisotopic (exact) mass is 351 g/mol. The largest absolute Gasteiger partial charge is 0.352 e. The van der Waals surface area contributed by atoms with E-state index in [4.69, 9.17) is 11.6 Å². The highest BCUT2D eigenvalue weighted by atomic mass is 127. The summed E-state index contributed by atoms with van der Waals surface area (Å²) < 4.78 is 0.956. The quantitative estimate of drug-likeness (QED) is 0.823. The molecule has 0 aliphatic carbocycles. The van der Waals surface area contributed by atoms with Crippen molar-refractivity contribution < 1.29 is 4.79 Å². The van der Waals surface area contributed by atoms with E-state index in [1.54, 1.807) is 12.1 Å². The number of carbonyl (C=O) groups excluding carboxylic acids is 1. The maximum Gasteiger partial charge on any atom is 0.251 e. The van der Waals surface area contributed by atoms with E-state index < -0.39 is 0 Å². The zero-order valence-corrected chi connectivity index (χ0v) is 12.3. The van der Waals surface area contributed by atoms with Gasteiger partial charge in [-0.3, -0.25) is 4.79 Å². The maximum atomic E-state index is 11.8. The number of benzene rings is 1. The summed E-state index contributed by atoms with van der Waals surface area (Å²) in [6.45, 7) is 4.93. The molecule has 0 saturated heterocycles. The number of nitrogens with one attached hydrogen (secondary N) is 1. The van der Waals surface area contributed by atoms with E-state index in [1.807, 2.05) is 6.07 Å². The van der Waals surface area contributed by atoms with E-state index in [1.165, 1.54) is 0 Å². The van der Waals surface area contributed by atoms with Gasteiger partial charge in [0.2, 0.25) is 0 Å². The molecule has 1 N–H and O–H groups in total. The van der Waals surface area contributed by atoms with Gasteiger partial charge in [-0.1, -0.05) is 31.9 Å². The molecular formula is C12H15ClINO. The molecule has 1 aromatic rings. The Balaban J connectivity index is 2.63. The molecule has 2 nitrogen and oxygen atoms in total. The summed E-state index contributed by atoms with van der Waals surface area (Å²) in [6.07, 6.45) is 1.06. The van der Waals surface area contributed by atoms with Crippen molar-refractivity contribution in [3.05, 3.63) is 32.4 Å². The Morgan fingerprint density at radius 1 is 1.56 bits per heavy atom. The molecule has 1 amide bonds. The van der Waals surface area contributed by atoms with Crippen molar-refractivity contribution in [2.24, 2.45) is 5.92 Å². The van der Waals surface area contributed by atoms with Gasteiger partial charge in [-0.25, -0.2) is 0 Å². The topological polar surface area (TPSA) is 29.1 Å². The van der Waals surface area contributed by atoms with Crippen LogP contribution in [-0.2, 0) is 0 Å². The van der Waals surface area contributed by atoms with Crippen LogP contribution in [0, 0.1) is 9.49 Å². The third-order valence-electron chi connectivity index (χ3n) is 2.49. The van der Waals surface area contributed by atoms with Gasteiger partial charge in [0.25, 0.3) is 5.91 Å². The summed E-state index contributed by atoms with van der Waals surface area (Å²) in [5.41, 5.74) is 0.619. The molecule has 1 atom stereocenters. The molecule has 4 heteroatoms. The lowest BCUT2D eigenvalue weighted by Gasteiger charge is -2.10. The first-order chi connectivity index (χ1) is 7.54. The Hall–Kier alpha value is -0.290. The van der Waals surface area contributed by atoms with Crippen molar-refractivity contribution in [1.82, 2.24) is 5.32 Å². The second-order valence-corrected chi connectivity index (χ2v) is 5.42. The van der Waals surface area contributed by atoms with Crippen molar-refractivity contribution >= 4 is 40.1 Å². The molecule has 0 spiro atoms. The minimum atomic E-state index is -0.0569. The van der Waals surface area contributed by atoms with Crippen molar-refractivity contribution in [3.63, 3.8) is 0 Å². The van der Waals surface area contributed by atoms with Crippen LogP contribution in [0.1, 0.15) is 30.6 Å². The van der Waals surface area contributed by atoms with Crippen LogP contribution in [-0.4, -0.2) is 12.5 Å². The first-order valence-corrected chi connectivity index (χ1v) is 6.73. The van der Waals surface area contributed by atoms with Gasteiger partial charge in [-0.2, -0.15) is 0 Å². The Bertz CT molecular complexity index is 381. The number of amides is 1. The molecule has 0 saturated carbocycles. The number of hydrogen-bond donors (Lipinski definition) is 1. The number of carbonyl (C=O) groups is 1. The van der Waals surface area contributed by atoms with Crippen LogP contribution in [0.15, 0.2) is 18.2 Å². The number of halogens is 2. The molecule has 88 valence electrons. The lowest BCUT2D eigenvalue weighted by Crippen LogP contribution is -2.28. The van der Waals surface area contributed by atoms with E-state index in [-0.39, 0.29) is 5.91 Å². The van der Waals surface area contributed by atoms with E-state index in [9.17, 15) is 4.79 Å². The molecule has 0 heterocycles. The lowest BCUT2D eigenvalue weighted by molar-refractivity contribution is 0.0948. The molecular weight excluding hydrogens is 336 g/mol. The molecule has 0 aromatic heterocycles. The fraction of sp³-hybridized carbons (Fsp3) is 0.417. The second kappa shape index (κ2) is 6.45. The zero-order chi connectivity index (χ0) is 12.1. The molecule has 0 aliphatic heterocycles. The van der Waals surface area contributed by atoms with Gasteiger partial charge in [0, 0.05) is 15.7 Å². The molecule has 0 radical (unpaired) electrons. The fourth-order valence-electron chi connectivity index (χ4n) is 1.15. The average molecular weight is 352 g/mol. The number of rotatable bonds is 4. The summed E-state index contributed by atoms with van der Waals surface area (Å²) >= 11 is 8.10. The van der Waals surface area contributed by atoms with Crippen LogP contribution in [0.5, 0.6) is 0 Å². The minimum Gasteiger partial charge on any atom is -0.352 e. The summed E-state index contributed by atoms with van der Waals surface area (Å²) in [5, 5.41) is 3.52. The van der Waals surface area contributed by atoms with Gasteiger partial charge < -0.3 is 5.32 Å². The molecule has 1 rings (SSSR count). The van der Waals surface area contributed by atoms with Crippen LogP contribution < -0.4 is 5.32 Å². The van der Waals surface area contributed by atoms with Gasteiger partial charge in [0.15, 0.2) is 0 Å². The first kappa shape index (κ1) is 13.8. The van der Waals surface area contributed by atoms with Gasteiger partial charge in [0.05, 0.1) is 5.02 Å². The SMILES string of the molecule is CCC(C)CNC(=O)c1ccc(I)c(Cl)c1. The normalized spacial score (nSPS) is 12.2. The van der Waals surface area contributed by atoms with Gasteiger partial charge >= 0.3 is 0 Å². The Morgan fingerprint density at radius 3 is 2.81 bits per heavy atom. The highest BCUT2D eigenvalue weighted by molar-refractivity contribution is 14.1. The minimum absolute atomic E-state index is 0.0569. The van der Waals surface area contributed by atoms with Crippen LogP contribution in [0.25, 0.3) is 0 Å². The molecule has 16 heavy (non-hydrogen) atoms. The van der Waals surface area contributed by atoms with E-state index in [0.717, 1.165) is 9.99 Å². The smallest absolute Gasteiger partial charge is 0.251 e. The predicted octanol–water partition coefficient (Wildman–Crippen LogP) is 3.72. The summed E-state index contributed by atoms with van der Waals surface area (Å²) in [7, 11) is 0. The number of hydrogen-bond acceptors (Lipinski definition) is 1. The molecule has 1 aromatic carbocycles. The van der Waals surface area contributed by atoms with Gasteiger partial charge in [-0.05, 0) is 46.7 Å². The van der Waals surface area contributed by atoms with Gasteiger partial charge in [0.1, 0.15) is 0 Å². The van der Waals surface area contributed by atoms with Crippen LogP contribution in [0.2, 0.25) is 5.02 Å². The molecule has 1 unspecified atom stereocenters. The highest BCUT2D eigenvalue weighted by Gasteiger charge is 2.08. The van der Waals surface area contributed by atoms with Crippen molar-refractivity contribution in [3.8, 4) is 0 Å². The average Bonchev–Trinajstić information content (AvgIpc) is 2.29.